The van der Waals surface area contributed by atoms with E-state index in [1.54, 1.807) is 0 Å². The average molecular weight is 273 g/mol. The van der Waals surface area contributed by atoms with Crippen LogP contribution in [-0.2, 0) is 0 Å². The van der Waals surface area contributed by atoms with Gasteiger partial charge in [0, 0.05) is 0 Å². The number of rotatable bonds is 9. The Morgan fingerprint density at radius 2 is 1.35 bits per heavy atom. The molecule has 0 aliphatic heterocycles. The highest BCUT2D eigenvalue weighted by molar-refractivity contribution is 5.12. The van der Waals surface area contributed by atoms with Crippen molar-refractivity contribution in [2.75, 3.05) is 0 Å². The lowest BCUT2D eigenvalue weighted by Gasteiger charge is -2.02. The smallest absolute Gasteiger partial charge is 0.0128 e. The van der Waals surface area contributed by atoms with E-state index in [1.165, 1.54) is 48.0 Å². The highest BCUT2D eigenvalue weighted by atomic mass is 14.0. The van der Waals surface area contributed by atoms with Crippen molar-refractivity contribution in [2.24, 2.45) is 0 Å². The first-order chi connectivity index (χ1) is 9.45. The summed E-state index contributed by atoms with van der Waals surface area (Å²) in [6.07, 6.45) is 17.2. The summed E-state index contributed by atoms with van der Waals surface area (Å²) in [5.74, 6) is 0. The van der Waals surface area contributed by atoms with Crippen LogP contribution in [-0.4, -0.2) is 0 Å². The number of hydrogen-bond acceptors (Lipinski definition) is 0. The minimum atomic E-state index is 1.07. The van der Waals surface area contributed by atoms with Crippen molar-refractivity contribution in [3.05, 3.63) is 53.0 Å². The molecule has 0 atom stereocenters. The van der Waals surface area contributed by atoms with Gasteiger partial charge in [-0.05, 0) is 80.1 Å². The molecule has 0 bridgehead atoms. The molecule has 0 aromatic carbocycles. The Morgan fingerprint density at radius 3 is 1.95 bits per heavy atom. The molecular formula is C20H33. The third-order valence-corrected chi connectivity index (χ3v) is 3.46. The second kappa shape index (κ2) is 11.8. The second-order valence-corrected chi connectivity index (χ2v) is 6.00. The monoisotopic (exact) mass is 273 g/mol. The lowest BCUT2D eigenvalue weighted by molar-refractivity contribution is 0.916. The Morgan fingerprint density at radius 1 is 0.750 bits per heavy atom. The van der Waals surface area contributed by atoms with Crippen molar-refractivity contribution < 1.29 is 0 Å². The van der Waals surface area contributed by atoms with Crippen LogP contribution in [0.4, 0.5) is 0 Å². The normalized spacial score (nSPS) is 13.6. The molecule has 0 spiro atoms. The molecule has 0 heteroatoms. The maximum absolute atomic E-state index is 2.40. The Labute approximate surface area is 127 Å². The molecule has 0 heterocycles. The lowest BCUT2D eigenvalue weighted by atomic mass is 10.0. The Bertz CT molecular complexity index is 371. The van der Waals surface area contributed by atoms with Gasteiger partial charge in [-0.15, -0.1) is 0 Å². The number of hydrogen-bond donors (Lipinski definition) is 0. The van der Waals surface area contributed by atoms with Gasteiger partial charge in [-0.2, -0.15) is 0 Å². The molecule has 0 fully saturated rings. The van der Waals surface area contributed by atoms with Crippen LogP contribution in [0.25, 0.3) is 0 Å². The molecule has 0 rings (SSSR count). The summed E-state index contributed by atoms with van der Waals surface area (Å²) in [5.41, 5.74) is 5.85. The molecule has 0 aliphatic carbocycles. The Kier molecular flexibility index (Phi) is 11.1. The van der Waals surface area contributed by atoms with Crippen molar-refractivity contribution in [1.29, 1.82) is 0 Å². The van der Waals surface area contributed by atoms with E-state index in [4.69, 9.17) is 0 Å². The summed E-state index contributed by atoms with van der Waals surface area (Å²) >= 11 is 0. The zero-order valence-corrected chi connectivity index (χ0v) is 14.4. The molecule has 0 saturated heterocycles. The molecule has 0 aromatic heterocycles. The molecular weight excluding hydrogens is 240 g/mol. The first-order valence-corrected chi connectivity index (χ1v) is 7.85. The quantitative estimate of drug-likeness (QED) is 0.398. The minimum absolute atomic E-state index is 1.07. The van der Waals surface area contributed by atoms with E-state index < -0.39 is 0 Å². The summed E-state index contributed by atoms with van der Waals surface area (Å²) in [4.78, 5) is 0. The highest BCUT2D eigenvalue weighted by Gasteiger charge is 1.93. The van der Waals surface area contributed by atoms with Gasteiger partial charge in [-0.3, -0.25) is 0 Å². The maximum Gasteiger partial charge on any atom is -0.0128 e. The van der Waals surface area contributed by atoms with E-state index in [-0.39, 0.29) is 0 Å². The molecule has 0 nitrogen and oxygen atoms in total. The number of allylic oxidation sites excluding steroid dienone is 8. The average Bonchev–Trinajstić information content (AvgIpc) is 2.38. The van der Waals surface area contributed by atoms with E-state index >= 15 is 0 Å². The van der Waals surface area contributed by atoms with Gasteiger partial charge in [0.05, 0.1) is 0 Å². The van der Waals surface area contributed by atoms with E-state index in [0.29, 0.717) is 0 Å². The van der Waals surface area contributed by atoms with Crippen molar-refractivity contribution in [3.63, 3.8) is 0 Å². The first-order valence-electron chi connectivity index (χ1n) is 7.85. The third kappa shape index (κ3) is 12.0. The molecule has 0 aromatic rings. The van der Waals surface area contributed by atoms with Gasteiger partial charge >= 0.3 is 0 Å². The molecule has 0 saturated carbocycles. The summed E-state index contributed by atoms with van der Waals surface area (Å²) in [6, 6.07) is 0. The molecule has 1 radical (unpaired) electrons. The fourth-order valence-corrected chi connectivity index (χ4v) is 1.88. The molecule has 0 amide bonds. The van der Waals surface area contributed by atoms with Crippen molar-refractivity contribution in [3.8, 4) is 0 Å². The molecule has 0 unspecified atom stereocenters. The SMILES string of the molecule is C/C=C(\C)C[CH]/C=C(\C)CC/C=C(\C)CCC=C(C)C. The molecule has 0 N–H and O–H groups in total. The molecule has 113 valence electrons. The van der Waals surface area contributed by atoms with Gasteiger partial charge in [0.1, 0.15) is 0 Å². The third-order valence-electron chi connectivity index (χ3n) is 3.46. The van der Waals surface area contributed by atoms with Crippen LogP contribution in [0, 0.1) is 6.42 Å². The van der Waals surface area contributed by atoms with Crippen LogP contribution in [0.5, 0.6) is 0 Å². The van der Waals surface area contributed by atoms with Crippen LogP contribution in [0.3, 0.4) is 0 Å². The predicted molar refractivity (Wildman–Crippen MR) is 93.8 cm³/mol. The van der Waals surface area contributed by atoms with Crippen LogP contribution < -0.4 is 0 Å². The second-order valence-electron chi connectivity index (χ2n) is 6.00. The topological polar surface area (TPSA) is 0 Å². The molecule has 0 aliphatic rings. The summed E-state index contributed by atoms with van der Waals surface area (Å²) in [7, 11) is 0. The van der Waals surface area contributed by atoms with E-state index in [9.17, 15) is 0 Å². The Hall–Kier alpha value is -1.04. The summed E-state index contributed by atoms with van der Waals surface area (Å²) in [5, 5.41) is 0. The highest BCUT2D eigenvalue weighted by Crippen LogP contribution is 2.12. The lowest BCUT2D eigenvalue weighted by Crippen LogP contribution is -1.82. The van der Waals surface area contributed by atoms with Crippen LogP contribution in [0.1, 0.15) is 73.6 Å². The first kappa shape index (κ1) is 19.0. The Balaban J connectivity index is 3.91. The summed E-state index contributed by atoms with van der Waals surface area (Å²) in [6.45, 7) is 13.1. The zero-order chi connectivity index (χ0) is 15.4. The van der Waals surface area contributed by atoms with E-state index in [1.807, 2.05) is 0 Å². The summed E-state index contributed by atoms with van der Waals surface area (Å²) < 4.78 is 0. The van der Waals surface area contributed by atoms with Gasteiger partial charge in [0.15, 0.2) is 0 Å². The van der Waals surface area contributed by atoms with Gasteiger partial charge in [0.25, 0.3) is 0 Å². The van der Waals surface area contributed by atoms with Gasteiger partial charge in [-0.1, -0.05) is 46.6 Å². The van der Waals surface area contributed by atoms with Crippen LogP contribution >= 0.6 is 0 Å². The predicted octanol–water partition coefficient (Wildman–Crippen LogP) is 6.97. The van der Waals surface area contributed by atoms with Crippen LogP contribution in [0.15, 0.2) is 46.6 Å². The fourth-order valence-electron chi connectivity index (χ4n) is 1.88. The maximum atomic E-state index is 2.40. The largest absolute Gasteiger partial charge is 0.0887 e. The van der Waals surface area contributed by atoms with Crippen molar-refractivity contribution in [1.82, 2.24) is 0 Å². The van der Waals surface area contributed by atoms with Gasteiger partial charge < -0.3 is 0 Å². The fraction of sp³-hybridized carbons (Fsp3) is 0.550. The van der Waals surface area contributed by atoms with Crippen molar-refractivity contribution >= 4 is 0 Å². The zero-order valence-electron chi connectivity index (χ0n) is 14.4. The van der Waals surface area contributed by atoms with Crippen LogP contribution in [0.2, 0.25) is 0 Å². The molecule has 20 heavy (non-hydrogen) atoms. The van der Waals surface area contributed by atoms with E-state index in [2.05, 4.69) is 72.3 Å². The van der Waals surface area contributed by atoms with Gasteiger partial charge in [0.2, 0.25) is 0 Å². The van der Waals surface area contributed by atoms with Crippen molar-refractivity contribution in [2.45, 2.75) is 73.6 Å². The van der Waals surface area contributed by atoms with Gasteiger partial charge in [-0.25, -0.2) is 0 Å². The minimum Gasteiger partial charge on any atom is -0.0887 e. The van der Waals surface area contributed by atoms with E-state index in [0.717, 1.165) is 6.42 Å². The standard InChI is InChI=1S/C20H33/c1-7-18(4)12-9-14-20(6)16-10-15-19(5)13-8-11-17(2)3/h7,9,11,14-15H,8,10,12-13,16H2,1-6H3/b18-7+,19-15+,20-14+.